The molecule has 0 aromatic heterocycles. The van der Waals surface area contributed by atoms with Crippen molar-refractivity contribution in [3.63, 3.8) is 0 Å². The fraction of sp³-hybridized carbons (Fsp3) is 0.792. The molecule has 0 spiro atoms. The van der Waals surface area contributed by atoms with Crippen LogP contribution in [0.2, 0.25) is 0 Å². The predicted molar refractivity (Wildman–Crippen MR) is 121 cm³/mol. The van der Waals surface area contributed by atoms with E-state index >= 15 is 0 Å². The summed E-state index contributed by atoms with van der Waals surface area (Å²) in [5.74, 6) is -1.14. The lowest BCUT2D eigenvalue weighted by molar-refractivity contribution is -0.145. The van der Waals surface area contributed by atoms with Gasteiger partial charge < -0.3 is 20.9 Å². The van der Waals surface area contributed by atoms with E-state index in [9.17, 15) is 24.4 Å². The third kappa shape index (κ3) is 4.99. The second-order valence-corrected chi connectivity index (χ2v) is 11.4. The average molecular weight is 460 g/mol. The van der Waals surface area contributed by atoms with Gasteiger partial charge in [-0.25, -0.2) is 0 Å². The van der Waals surface area contributed by atoms with Gasteiger partial charge in [-0.1, -0.05) is 34.6 Å². The van der Waals surface area contributed by atoms with Crippen molar-refractivity contribution >= 4 is 23.6 Å². The van der Waals surface area contributed by atoms with Crippen LogP contribution in [0.1, 0.15) is 60.8 Å². The number of nitrogens with one attached hydrogen (secondary N) is 3. The molecule has 0 aromatic rings. The van der Waals surface area contributed by atoms with Crippen LogP contribution >= 0.6 is 0 Å². The quantitative estimate of drug-likeness (QED) is 0.544. The van der Waals surface area contributed by atoms with Crippen LogP contribution in [-0.4, -0.2) is 59.7 Å². The van der Waals surface area contributed by atoms with Gasteiger partial charge in [-0.2, -0.15) is 5.26 Å². The van der Waals surface area contributed by atoms with Gasteiger partial charge in [0.15, 0.2) is 0 Å². The van der Waals surface area contributed by atoms with E-state index < -0.39 is 23.5 Å². The van der Waals surface area contributed by atoms with Crippen molar-refractivity contribution in [3.05, 3.63) is 0 Å². The summed E-state index contributed by atoms with van der Waals surface area (Å²) in [6.45, 7) is 12.3. The van der Waals surface area contributed by atoms with E-state index in [0.29, 0.717) is 19.5 Å². The molecule has 9 heteroatoms. The molecule has 33 heavy (non-hydrogen) atoms. The molecule has 3 rings (SSSR count). The molecular weight excluding hydrogens is 422 g/mol. The van der Waals surface area contributed by atoms with Crippen molar-refractivity contribution in [1.82, 2.24) is 20.9 Å². The number of hydrogen-bond donors (Lipinski definition) is 3. The third-order valence-electron chi connectivity index (χ3n) is 7.61. The highest BCUT2D eigenvalue weighted by atomic mass is 16.2. The number of likely N-dealkylation sites (tertiary alicyclic amines) is 1. The normalized spacial score (nSPS) is 29.7. The molecule has 0 radical (unpaired) electrons. The summed E-state index contributed by atoms with van der Waals surface area (Å²) >= 11 is 0. The highest BCUT2D eigenvalue weighted by Gasteiger charge is 2.69. The minimum absolute atomic E-state index is 0.00304. The summed E-state index contributed by atoms with van der Waals surface area (Å²) in [7, 11) is 0. The molecule has 4 amide bonds. The van der Waals surface area contributed by atoms with E-state index in [1.807, 2.05) is 20.8 Å². The van der Waals surface area contributed by atoms with Gasteiger partial charge in [-0.05, 0) is 41.9 Å². The summed E-state index contributed by atoms with van der Waals surface area (Å²) in [4.78, 5) is 52.5. The Morgan fingerprint density at radius 3 is 2.48 bits per heavy atom. The molecule has 1 saturated carbocycles. The molecule has 0 bridgehead atoms. The van der Waals surface area contributed by atoms with Gasteiger partial charge >= 0.3 is 0 Å². The second-order valence-electron chi connectivity index (χ2n) is 11.4. The van der Waals surface area contributed by atoms with Crippen molar-refractivity contribution in [2.24, 2.45) is 28.6 Å². The Labute approximate surface area is 196 Å². The zero-order valence-corrected chi connectivity index (χ0v) is 20.5. The lowest BCUT2D eigenvalue weighted by Gasteiger charge is -2.37. The van der Waals surface area contributed by atoms with Gasteiger partial charge in [0.25, 0.3) is 0 Å². The lowest BCUT2D eigenvalue weighted by Crippen LogP contribution is -2.59. The summed E-state index contributed by atoms with van der Waals surface area (Å²) < 4.78 is 0. The molecule has 182 valence electrons. The van der Waals surface area contributed by atoms with Crippen molar-refractivity contribution in [2.45, 2.75) is 78.9 Å². The van der Waals surface area contributed by atoms with Crippen LogP contribution in [0.3, 0.4) is 0 Å². The molecule has 3 N–H and O–H groups in total. The number of hydrogen-bond acceptors (Lipinski definition) is 5. The Kier molecular flexibility index (Phi) is 6.79. The first-order valence-corrected chi connectivity index (χ1v) is 11.8. The number of nitriles is 1. The molecule has 3 fully saturated rings. The van der Waals surface area contributed by atoms with Gasteiger partial charge in [-0.15, -0.1) is 0 Å². The first-order valence-electron chi connectivity index (χ1n) is 11.8. The molecule has 0 unspecified atom stereocenters. The number of piperidine rings is 2. The predicted octanol–water partition coefficient (Wildman–Crippen LogP) is 0.945. The van der Waals surface area contributed by atoms with E-state index in [-0.39, 0.29) is 53.2 Å². The maximum absolute atomic E-state index is 13.5. The van der Waals surface area contributed by atoms with Crippen LogP contribution in [0, 0.1) is 39.9 Å². The number of rotatable bonds is 6. The van der Waals surface area contributed by atoms with Crippen LogP contribution in [0.15, 0.2) is 0 Å². The summed E-state index contributed by atoms with van der Waals surface area (Å²) in [6.07, 6.45) is 1.79. The molecular formula is C24H37N5O4. The van der Waals surface area contributed by atoms with Crippen LogP contribution in [-0.2, 0) is 19.2 Å². The van der Waals surface area contributed by atoms with E-state index in [1.54, 1.807) is 4.90 Å². The first kappa shape index (κ1) is 25.0. The lowest BCUT2D eigenvalue weighted by atomic mass is 9.85. The first-order chi connectivity index (χ1) is 15.3. The fourth-order valence-corrected chi connectivity index (χ4v) is 5.58. The SMILES string of the molecule is CC(=O)N[C@H](C(=O)N1C[C@H]2[C@@H]([C@H]1C(=O)N[C@H](C#N)C[C@@H]1CCCNC1=O)C2(C)C)C(C)(C)C. The largest absolute Gasteiger partial charge is 0.356 e. The Morgan fingerprint density at radius 1 is 1.27 bits per heavy atom. The number of nitrogens with zero attached hydrogens (tertiary/aromatic N) is 2. The van der Waals surface area contributed by atoms with E-state index in [4.69, 9.17) is 0 Å². The molecule has 9 nitrogen and oxygen atoms in total. The molecule has 2 aliphatic heterocycles. The van der Waals surface area contributed by atoms with E-state index in [0.717, 1.165) is 6.42 Å². The Hall–Kier alpha value is -2.63. The van der Waals surface area contributed by atoms with Crippen molar-refractivity contribution in [3.8, 4) is 6.07 Å². The molecule has 3 aliphatic rings. The van der Waals surface area contributed by atoms with Crippen molar-refractivity contribution in [2.75, 3.05) is 13.1 Å². The van der Waals surface area contributed by atoms with Gasteiger partial charge in [-0.3, -0.25) is 19.2 Å². The second kappa shape index (κ2) is 8.96. The monoisotopic (exact) mass is 459 g/mol. The molecule has 0 aromatic carbocycles. The molecule has 6 atom stereocenters. The third-order valence-corrected chi connectivity index (χ3v) is 7.61. The van der Waals surface area contributed by atoms with Crippen LogP contribution in [0.5, 0.6) is 0 Å². The Morgan fingerprint density at radius 2 is 1.94 bits per heavy atom. The molecule has 2 heterocycles. The Balaban J connectivity index is 1.78. The van der Waals surface area contributed by atoms with Crippen LogP contribution in [0.4, 0.5) is 0 Å². The number of carbonyl (C=O) groups is 4. The van der Waals surface area contributed by atoms with E-state index in [2.05, 4.69) is 35.9 Å². The standard InChI is InChI=1S/C24H37N5O4/c1-13(30)27-19(23(2,3)4)22(33)29-12-16-17(24(16,5)6)18(29)21(32)28-15(11-25)10-14-8-7-9-26-20(14)31/h14-19H,7-10,12H2,1-6H3,(H,26,31)(H,27,30)(H,28,32)/t14-,15-,16-,17-,18-,19+/m0/s1. The highest BCUT2D eigenvalue weighted by Crippen LogP contribution is 2.65. The smallest absolute Gasteiger partial charge is 0.246 e. The van der Waals surface area contributed by atoms with E-state index in [1.165, 1.54) is 6.92 Å². The van der Waals surface area contributed by atoms with Crippen LogP contribution in [0.25, 0.3) is 0 Å². The highest BCUT2D eigenvalue weighted by molar-refractivity contribution is 5.94. The van der Waals surface area contributed by atoms with Crippen molar-refractivity contribution in [1.29, 1.82) is 5.26 Å². The molecule has 1 aliphatic carbocycles. The minimum Gasteiger partial charge on any atom is -0.356 e. The maximum Gasteiger partial charge on any atom is 0.246 e. The summed E-state index contributed by atoms with van der Waals surface area (Å²) in [5.41, 5.74) is -0.606. The zero-order chi connectivity index (χ0) is 24.7. The average Bonchev–Trinajstić information content (AvgIpc) is 3.06. The zero-order valence-electron chi connectivity index (χ0n) is 20.5. The van der Waals surface area contributed by atoms with Gasteiger partial charge in [0.2, 0.25) is 23.6 Å². The topological polar surface area (TPSA) is 131 Å². The number of carbonyl (C=O) groups excluding carboxylic acids is 4. The Bertz CT molecular complexity index is 871. The molecule has 2 saturated heterocycles. The fourth-order valence-electron chi connectivity index (χ4n) is 5.58. The van der Waals surface area contributed by atoms with Gasteiger partial charge in [0, 0.05) is 25.9 Å². The number of amides is 4. The summed E-state index contributed by atoms with van der Waals surface area (Å²) in [5, 5.41) is 18.0. The maximum atomic E-state index is 13.5. The van der Waals surface area contributed by atoms with Gasteiger partial charge in [0.05, 0.1) is 6.07 Å². The summed E-state index contributed by atoms with van der Waals surface area (Å²) in [6, 6.07) is -0.151. The minimum atomic E-state index is -0.807. The van der Waals surface area contributed by atoms with Crippen LogP contribution < -0.4 is 16.0 Å². The van der Waals surface area contributed by atoms with Gasteiger partial charge in [0.1, 0.15) is 18.1 Å². The number of fused-ring (bicyclic) bond motifs is 1. The van der Waals surface area contributed by atoms with Crippen molar-refractivity contribution < 1.29 is 19.2 Å².